The molecule has 7 heteroatoms. The molecule has 0 spiro atoms. The van der Waals surface area contributed by atoms with Crippen LogP contribution in [0.4, 0.5) is 0 Å². The standard InChI is InChI=1S/C26H28N2O4S/c1-33(30,31)24-14-8-13-23(19-24)32-20-25(29)27-15-17-28(18-16-27)26(21-9-4-2-5-10-21)22-11-6-3-7-12-22/h2-14,19,26H,15-18,20H2,1H3. The van der Waals surface area contributed by atoms with E-state index in [1.807, 2.05) is 17.0 Å². The third-order valence-electron chi connectivity index (χ3n) is 5.86. The lowest BCUT2D eigenvalue weighted by Gasteiger charge is -2.39. The predicted octanol–water partition coefficient (Wildman–Crippen LogP) is 3.40. The SMILES string of the molecule is CS(=O)(=O)c1cccc(OCC(=O)N2CCN(C(c3ccccc3)c3ccccc3)CC2)c1. The van der Waals surface area contributed by atoms with Gasteiger partial charge in [-0.1, -0.05) is 66.7 Å². The maximum Gasteiger partial charge on any atom is 0.260 e. The van der Waals surface area contributed by atoms with Crippen molar-refractivity contribution in [3.63, 3.8) is 0 Å². The van der Waals surface area contributed by atoms with Crippen molar-refractivity contribution in [2.24, 2.45) is 0 Å². The first-order valence-electron chi connectivity index (χ1n) is 11.0. The average Bonchev–Trinajstić information content (AvgIpc) is 2.84. The summed E-state index contributed by atoms with van der Waals surface area (Å²) in [5.74, 6) is 0.272. The van der Waals surface area contributed by atoms with Crippen molar-refractivity contribution in [3.05, 3.63) is 96.1 Å². The van der Waals surface area contributed by atoms with Crippen LogP contribution in [0.25, 0.3) is 0 Å². The third kappa shape index (κ3) is 5.80. The third-order valence-corrected chi connectivity index (χ3v) is 6.97. The fraction of sp³-hybridized carbons (Fsp3) is 0.269. The Kier molecular flexibility index (Phi) is 7.11. The van der Waals surface area contributed by atoms with E-state index in [1.54, 1.807) is 12.1 Å². The molecule has 3 aromatic carbocycles. The summed E-state index contributed by atoms with van der Waals surface area (Å²) < 4.78 is 29.1. The van der Waals surface area contributed by atoms with Crippen LogP contribution in [-0.2, 0) is 14.6 Å². The minimum absolute atomic E-state index is 0.101. The molecule has 1 aliphatic heterocycles. The number of hydrogen-bond donors (Lipinski definition) is 0. The second kappa shape index (κ2) is 10.2. The van der Waals surface area contributed by atoms with Crippen LogP contribution >= 0.6 is 0 Å². The van der Waals surface area contributed by atoms with Gasteiger partial charge in [0.15, 0.2) is 16.4 Å². The van der Waals surface area contributed by atoms with Gasteiger partial charge in [0, 0.05) is 32.4 Å². The fourth-order valence-corrected chi connectivity index (χ4v) is 4.80. The Balaban J connectivity index is 1.38. The molecule has 3 aromatic rings. The van der Waals surface area contributed by atoms with Crippen molar-refractivity contribution in [3.8, 4) is 5.75 Å². The number of rotatable bonds is 7. The van der Waals surface area contributed by atoms with Crippen molar-refractivity contribution in [1.82, 2.24) is 9.80 Å². The van der Waals surface area contributed by atoms with Crippen LogP contribution in [0.5, 0.6) is 5.75 Å². The van der Waals surface area contributed by atoms with Gasteiger partial charge in [-0.25, -0.2) is 8.42 Å². The Morgan fingerprint density at radius 3 is 1.97 bits per heavy atom. The topological polar surface area (TPSA) is 66.9 Å². The maximum atomic E-state index is 12.7. The van der Waals surface area contributed by atoms with E-state index in [-0.39, 0.29) is 23.5 Å². The molecule has 33 heavy (non-hydrogen) atoms. The molecule has 0 aromatic heterocycles. The Morgan fingerprint density at radius 1 is 0.848 bits per heavy atom. The lowest BCUT2D eigenvalue weighted by atomic mass is 9.96. The first-order chi connectivity index (χ1) is 15.9. The van der Waals surface area contributed by atoms with Crippen LogP contribution in [0.3, 0.4) is 0 Å². The number of amides is 1. The zero-order chi connectivity index (χ0) is 23.3. The lowest BCUT2D eigenvalue weighted by Crippen LogP contribution is -2.51. The highest BCUT2D eigenvalue weighted by Crippen LogP contribution is 2.29. The molecule has 0 N–H and O–H groups in total. The van der Waals surface area contributed by atoms with Gasteiger partial charge in [-0.05, 0) is 29.3 Å². The number of carbonyl (C=O) groups excluding carboxylic acids is 1. The van der Waals surface area contributed by atoms with Crippen LogP contribution in [0.2, 0.25) is 0 Å². The zero-order valence-electron chi connectivity index (χ0n) is 18.6. The summed E-state index contributed by atoms with van der Waals surface area (Å²) in [7, 11) is -3.33. The molecule has 0 radical (unpaired) electrons. The van der Waals surface area contributed by atoms with Gasteiger partial charge in [0.2, 0.25) is 0 Å². The normalized spacial score (nSPS) is 14.9. The van der Waals surface area contributed by atoms with Gasteiger partial charge < -0.3 is 9.64 Å². The van der Waals surface area contributed by atoms with E-state index in [4.69, 9.17) is 4.74 Å². The summed E-state index contributed by atoms with van der Waals surface area (Å²) in [6.45, 7) is 2.62. The predicted molar refractivity (Wildman–Crippen MR) is 128 cm³/mol. The quantitative estimate of drug-likeness (QED) is 0.536. The molecular weight excluding hydrogens is 436 g/mol. The number of piperazine rings is 1. The van der Waals surface area contributed by atoms with Crippen molar-refractivity contribution in [2.45, 2.75) is 10.9 Å². The van der Waals surface area contributed by atoms with E-state index < -0.39 is 9.84 Å². The van der Waals surface area contributed by atoms with Crippen LogP contribution in [0.15, 0.2) is 89.8 Å². The molecule has 1 amide bonds. The second-order valence-electron chi connectivity index (χ2n) is 8.18. The van der Waals surface area contributed by atoms with Crippen LogP contribution in [0, 0.1) is 0 Å². The van der Waals surface area contributed by atoms with Gasteiger partial charge in [0.05, 0.1) is 10.9 Å². The Bertz CT molecular complexity index is 1140. The van der Waals surface area contributed by atoms with Gasteiger partial charge in [-0.15, -0.1) is 0 Å². The molecular formula is C26H28N2O4S. The summed E-state index contributed by atoms with van der Waals surface area (Å²) in [6.07, 6.45) is 1.15. The number of nitrogens with zero attached hydrogens (tertiary/aromatic N) is 2. The molecule has 4 rings (SSSR count). The smallest absolute Gasteiger partial charge is 0.260 e. The molecule has 1 fully saturated rings. The summed E-state index contributed by atoms with van der Waals surface area (Å²) in [5.41, 5.74) is 2.47. The van der Waals surface area contributed by atoms with Gasteiger partial charge in [0.1, 0.15) is 5.75 Å². The van der Waals surface area contributed by atoms with Crippen molar-refractivity contribution < 1.29 is 17.9 Å². The molecule has 1 heterocycles. The summed E-state index contributed by atoms with van der Waals surface area (Å²) in [6, 6.07) is 27.2. The first kappa shape index (κ1) is 23.0. The molecule has 0 atom stereocenters. The highest BCUT2D eigenvalue weighted by Gasteiger charge is 2.28. The fourth-order valence-electron chi connectivity index (χ4n) is 4.15. The van der Waals surface area contributed by atoms with Crippen molar-refractivity contribution in [1.29, 1.82) is 0 Å². The first-order valence-corrected chi connectivity index (χ1v) is 12.9. The number of carbonyl (C=O) groups is 1. The number of benzene rings is 3. The highest BCUT2D eigenvalue weighted by atomic mass is 32.2. The van der Waals surface area contributed by atoms with E-state index in [0.717, 1.165) is 19.3 Å². The van der Waals surface area contributed by atoms with Gasteiger partial charge >= 0.3 is 0 Å². The van der Waals surface area contributed by atoms with E-state index in [9.17, 15) is 13.2 Å². The number of hydrogen-bond acceptors (Lipinski definition) is 5. The van der Waals surface area contributed by atoms with E-state index in [2.05, 4.69) is 53.4 Å². The summed E-state index contributed by atoms with van der Waals surface area (Å²) in [5, 5.41) is 0. The van der Waals surface area contributed by atoms with Crippen molar-refractivity contribution in [2.75, 3.05) is 39.0 Å². The Hall–Kier alpha value is -3.16. The lowest BCUT2D eigenvalue weighted by molar-refractivity contribution is -0.135. The Labute approximate surface area is 195 Å². The molecule has 0 saturated carbocycles. The highest BCUT2D eigenvalue weighted by molar-refractivity contribution is 7.90. The Morgan fingerprint density at radius 2 is 1.42 bits per heavy atom. The second-order valence-corrected chi connectivity index (χ2v) is 10.2. The van der Waals surface area contributed by atoms with Gasteiger partial charge in [-0.2, -0.15) is 0 Å². The maximum absolute atomic E-state index is 12.7. The molecule has 172 valence electrons. The van der Waals surface area contributed by atoms with Crippen molar-refractivity contribution >= 4 is 15.7 Å². The minimum Gasteiger partial charge on any atom is -0.484 e. The van der Waals surface area contributed by atoms with Crippen LogP contribution in [-0.4, -0.2) is 63.2 Å². The zero-order valence-corrected chi connectivity index (χ0v) is 19.4. The average molecular weight is 465 g/mol. The van der Waals surface area contributed by atoms with Crippen LogP contribution < -0.4 is 4.74 Å². The number of sulfone groups is 1. The molecule has 1 aliphatic rings. The van der Waals surface area contributed by atoms with Gasteiger partial charge in [-0.3, -0.25) is 9.69 Å². The van der Waals surface area contributed by atoms with E-state index >= 15 is 0 Å². The number of ether oxygens (including phenoxy) is 1. The largest absolute Gasteiger partial charge is 0.484 e. The summed E-state index contributed by atoms with van der Waals surface area (Å²) >= 11 is 0. The molecule has 0 unspecified atom stereocenters. The molecule has 1 saturated heterocycles. The van der Waals surface area contributed by atoms with Crippen LogP contribution in [0.1, 0.15) is 17.2 Å². The molecule has 6 nitrogen and oxygen atoms in total. The molecule has 0 bridgehead atoms. The monoisotopic (exact) mass is 464 g/mol. The van der Waals surface area contributed by atoms with E-state index in [0.29, 0.717) is 18.8 Å². The summed E-state index contributed by atoms with van der Waals surface area (Å²) in [4.78, 5) is 17.1. The minimum atomic E-state index is -3.33. The van der Waals surface area contributed by atoms with Gasteiger partial charge in [0.25, 0.3) is 5.91 Å². The molecule has 0 aliphatic carbocycles. The van der Waals surface area contributed by atoms with E-state index in [1.165, 1.54) is 23.3 Å².